The zero-order valence-electron chi connectivity index (χ0n) is 12.8. The van der Waals surface area contributed by atoms with Gasteiger partial charge in [0.15, 0.2) is 0 Å². The summed E-state index contributed by atoms with van der Waals surface area (Å²) in [6, 6.07) is 4.35. The summed E-state index contributed by atoms with van der Waals surface area (Å²) < 4.78 is 32.0. The van der Waals surface area contributed by atoms with Crippen LogP contribution >= 0.6 is 0 Å². The molecule has 22 heavy (non-hydrogen) atoms. The molecule has 1 aliphatic rings. The highest BCUT2D eigenvalue weighted by Crippen LogP contribution is 2.24. The second-order valence-corrected chi connectivity index (χ2v) is 6.89. The Morgan fingerprint density at radius 3 is 2.77 bits per heavy atom. The van der Waals surface area contributed by atoms with Gasteiger partial charge in [-0.3, -0.25) is 4.79 Å². The van der Waals surface area contributed by atoms with Gasteiger partial charge in [0.2, 0.25) is 10.0 Å². The highest BCUT2D eigenvalue weighted by molar-refractivity contribution is 7.89. The Labute approximate surface area is 130 Å². The number of hydrogen-bond donors (Lipinski definition) is 2. The van der Waals surface area contributed by atoms with Crippen molar-refractivity contribution in [1.29, 1.82) is 0 Å². The van der Waals surface area contributed by atoms with Gasteiger partial charge in [-0.25, -0.2) is 8.42 Å². The van der Waals surface area contributed by atoms with E-state index in [1.54, 1.807) is 0 Å². The summed E-state index contributed by atoms with van der Waals surface area (Å²) in [6.45, 7) is 2.32. The minimum atomic E-state index is -3.62. The van der Waals surface area contributed by atoms with Crippen molar-refractivity contribution in [1.82, 2.24) is 14.9 Å². The van der Waals surface area contributed by atoms with Crippen LogP contribution in [0.3, 0.4) is 0 Å². The van der Waals surface area contributed by atoms with Crippen molar-refractivity contribution in [2.24, 2.45) is 0 Å². The summed E-state index contributed by atoms with van der Waals surface area (Å²) in [6.07, 6.45) is 0.762. The summed E-state index contributed by atoms with van der Waals surface area (Å²) in [5.74, 6) is -0.0396. The van der Waals surface area contributed by atoms with E-state index in [0.717, 1.165) is 13.0 Å². The maximum Gasteiger partial charge on any atom is 0.254 e. The molecule has 0 aliphatic carbocycles. The number of methoxy groups -OCH3 is 1. The van der Waals surface area contributed by atoms with Crippen molar-refractivity contribution in [3.63, 3.8) is 0 Å². The van der Waals surface area contributed by atoms with E-state index < -0.39 is 10.0 Å². The van der Waals surface area contributed by atoms with Gasteiger partial charge in [-0.15, -0.1) is 0 Å². The van der Waals surface area contributed by atoms with E-state index in [2.05, 4.69) is 10.6 Å². The maximum absolute atomic E-state index is 12.7. The Hall–Kier alpha value is -1.64. The number of nitrogens with zero attached hydrogens (tertiary/aromatic N) is 1. The molecule has 1 aliphatic heterocycles. The van der Waals surface area contributed by atoms with Crippen LogP contribution in [0, 0.1) is 0 Å². The molecule has 0 unspecified atom stereocenters. The van der Waals surface area contributed by atoms with Crippen LogP contribution in [0.25, 0.3) is 0 Å². The quantitative estimate of drug-likeness (QED) is 0.815. The van der Waals surface area contributed by atoms with Crippen molar-refractivity contribution in [2.75, 3.05) is 40.3 Å². The average molecular weight is 327 g/mol. The van der Waals surface area contributed by atoms with E-state index in [4.69, 9.17) is 4.74 Å². The predicted octanol–water partition coefficient (Wildman–Crippen LogP) is 0.0388. The van der Waals surface area contributed by atoms with Gasteiger partial charge in [-0.05, 0) is 31.2 Å². The monoisotopic (exact) mass is 327 g/mol. The first-order valence-corrected chi connectivity index (χ1v) is 8.55. The van der Waals surface area contributed by atoms with E-state index in [1.807, 2.05) is 0 Å². The van der Waals surface area contributed by atoms with E-state index >= 15 is 0 Å². The molecule has 0 atom stereocenters. The summed E-state index contributed by atoms with van der Waals surface area (Å²) in [7, 11) is -0.686. The summed E-state index contributed by atoms with van der Waals surface area (Å²) in [5, 5.41) is 5.65. The highest BCUT2D eigenvalue weighted by Gasteiger charge is 2.26. The Bertz CT molecular complexity index is 637. The lowest BCUT2D eigenvalue weighted by molar-refractivity contribution is 0.0960. The fourth-order valence-electron chi connectivity index (χ4n) is 2.37. The van der Waals surface area contributed by atoms with Gasteiger partial charge in [0.25, 0.3) is 5.91 Å². The normalized spacial score (nSPS) is 16.8. The molecule has 0 bridgehead atoms. The third-order valence-corrected chi connectivity index (χ3v) is 5.47. The van der Waals surface area contributed by atoms with Crippen LogP contribution in [0.5, 0.6) is 5.75 Å². The standard InChI is InChI=1S/C14H21N3O4S/c1-15-14(18)12-10-11(4-5-13(12)21-2)22(19,20)17-8-3-6-16-7-9-17/h4-5,10,16H,3,6-9H2,1-2H3,(H,15,18). The van der Waals surface area contributed by atoms with E-state index in [-0.39, 0.29) is 16.4 Å². The van der Waals surface area contributed by atoms with Crippen LogP contribution in [0.15, 0.2) is 23.1 Å². The third-order valence-electron chi connectivity index (χ3n) is 3.58. The fraction of sp³-hybridized carbons (Fsp3) is 0.500. The Morgan fingerprint density at radius 1 is 1.32 bits per heavy atom. The van der Waals surface area contributed by atoms with Gasteiger partial charge in [-0.2, -0.15) is 4.31 Å². The smallest absolute Gasteiger partial charge is 0.254 e. The van der Waals surface area contributed by atoms with Crippen molar-refractivity contribution >= 4 is 15.9 Å². The largest absolute Gasteiger partial charge is 0.496 e. The molecule has 1 saturated heterocycles. The van der Waals surface area contributed by atoms with Crippen LogP contribution in [-0.2, 0) is 10.0 Å². The molecule has 1 aromatic carbocycles. The Morgan fingerprint density at radius 2 is 2.09 bits per heavy atom. The maximum atomic E-state index is 12.7. The van der Waals surface area contributed by atoms with Gasteiger partial charge in [0.05, 0.1) is 17.6 Å². The van der Waals surface area contributed by atoms with Gasteiger partial charge >= 0.3 is 0 Å². The highest BCUT2D eigenvalue weighted by atomic mass is 32.2. The van der Waals surface area contributed by atoms with Gasteiger partial charge < -0.3 is 15.4 Å². The predicted molar refractivity (Wildman–Crippen MR) is 82.6 cm³/mol. The molecule has 7 nitrogen and oxygen atoms in total. The van der Waals surface area contributed by atoms with Crippen molar-refractivity contribution < 1.29 is 17.9 Å². The Kier molecular flexibility index (Phi) is 5.38. The number of ether oxygens (including phenoxy) is 1. The van der Waals surface area contributed by atoms with E-state index in [1.165, 1.54) is 36.7 Å². The summed E-state index contributed by atoms with van der Waals surface area (Å²) in [4.78, 5) is 12.0. The molecule has 2 N–H and O–H groups in total. The molecule has 0 saturated carbocycles. The number of rotatable bonds is 4. The number of carbonyl (C=O) groups excluding carboxylic acids is 1. The minimum Gasteiger partial charge on any atom is -0.496 e. The minimum absolute atomic E-state index is 0.105. The topological polar surface area (TPSA) is 87.7 Å². The summed E-state index contributed by atoms with van der Waals surface area (Å²) >= 11 is 0. The zero-order chi connectivity index (χ0) is 16.2. The molecular formula is C14H21N3O4S. The first-order valence-electron chi connectivity index (χ1n) is 7.11. The summed E-state index contributed by atoms with van der Waals surface area (Å²) in [5.41, 5.74) is 0.207. The second kappa shape index (κ2) is 7.08. The van der Waals surface area contributed by atoms with Gasteiger partial charge in [0.1, 0.15) is 5.75 Å². The Balaban J connectivity index is 2.40. The lowest BCUT2D eigenvalue weighted by Gasteiger charge is -2.20. The molecule has 1 aromatic rings. The van der Waals surface area contributed by atoms with Crippen LogP contribution in [0.2, 0.25) is 0 Å². The lowest BCUT2D eigenvalue weighted by atomic mass is 10.2. The molecule has 8 heteroatoms. The van der Waals surface area contributed by atoms with Crippen molar-refractivity contribution in [3.8, 4) is 5.75 Å². The fourth-order valence-corrected chi connectivity index (χ4v) is 3.88. The lowest BCUT2D eigenvalue weighted by Crippen LogP contribution is -2.34. The zero-order valence-corrected chi connectivity index (χ0v) is 13.6. The van der Waals surface area contributed by atoms with E-state index in [0.29, 0.717) is 25.4 Å². The molecule has 0 spiro atoms. The SMILES string of the molecule is CNC(=O)c1cc(S(=O)(=O)N2CCCNCC2)ccc1OC. The number of sulfonamides is 1. The first kappa shape index (κ1) is 16.7. The number of nitrogens with one attached hydrogen (secondary N) is 2. The van der Waals surface area contributed by atoms with Crippen LogP contribution in [0.4, 0.5) is 0 Å². The molecule has 1 heterocycles. The molecule has 122 valence electrons. The average Bonchev–Trinajstić information content (AvgIpc) is 2.83. The molecule has 1 amide bonds. The van der Waals surface area contributed by atoms with Crippen molar-refractivity contribution in [2.45, 2.75) is 11.3 Å². The van der Waals surface area contributed by atoms with Gasteiger partial charge in [0, 0.05) is 26.7 Å². The number of carbonyl (C=O) groups is 1. The van der Waals surface area contributed by atoms with Gasteiger partial charge in [-0.1, -0.05) is 0 Å². The van der Waals surface area contributed by atoms with Crippen LogP contribution in [-0.4, -0.2) is 59.0 Å². The number of hydrogen-bond acceptors (Lipinski definition) is 5. The molecule has 2 rings (SSSR count). The number of amides is 1. The van der Waals surface area contributed by atoms with Crippen LogP contribution < -0.4 is 15.4 Å². The second-order valence-electron chi connectivity index (χ2n) is 4.95. The first-order chi connectivity index (χ1) is 10.5. The molecule has 0 radical (unpaired) electrons. The van der Waals surface area contributed by atoms with E-state index in [9.17, 15) is 13.2 Å². The molecule has 1 fully saturated rings. The molecule has 0 aromatic heterocycles. The number of benzene rings is 1. The van der Waals surface area contributed by atoms with Crippen LogP contribution in [0.1, 0.15) is 16.8 Å². The van der Waals surface area contributed by atoms with Crippen molar-refractivity contribution in [3.05, 3.63) is 23.8 Å². The molecular weight excluding hydrogens is 306 g/mol. The third kappa shape index (κ3) is 3.40.